The molecule has 14 heavy (non-hydrogen) atoms. The van der Waals surface area contributed by atoms with Crippen LogP contribution in [0, 0.1) is 13.8 Å². The van der Waals surface area contributed by atoms with Gasteiger partial charge in [-0.15, -0.1) is 0 Å². The van der Waals surface area contributed by atoms with E-state index in [1.54, 1.807) is 0 Å². The number of para-hydroxylation sites is 1. The van der Waals surface area contributed by atoms with Crippen LogP contribution in [0.25, 0.3) is 5.69 Å². The van der Waals surface area contributed by atoms with E-state index in [0.717, 1.165) is 21.5 Å². The molecule has 0 saturated carbocycles. The van der Waals surface area contributed by atoms with E-state index in [9.17, 15) is 0 Å². The highest BCUT2D eigenvalue weighted by Crippen LogP contribution is 2.22. The summed E-state index contributed by atoms with van der Waals surface area (Å²) in [5.74, 6) is 0. The minimum atomic E-state index is 1.02. The van der Waals surface area contributed by atoms with Gasteiger partial charge in [-0.1, -0.05) is 18.2 Å². The van der Waals surface area contributed by atoms with Crippen molar-refractivity contribution in [3.8, 4) is 5.69 Å². The summed E-state index contributed by atoms with van der Waals surface area (Å²) in [5, 5.41) is 4.45. The van der Waals surface area contributed by atoms with E-state index in [1.807, 2.05) is 41.9 Å². The largest absolute Gasteiger partial charge is 0.237 e. The van der Waals surface area contributed by atoms with Crippen molar-refractivity contribution in [2.75, 3.05) is 0 Å². The third-order valence-electron chi connectivity index (χ3n) is 2.20. The Morgan fingerprint density at radius 2 is 1.79 bits per heavy atom. The summed E-state index contributed by atoms with van der Waals surface area (Å²) in [4.78, 5) is 0. The highest BCUT2D eigenvalue weighted by Gasteiger charge is 2.08. The second kappa shape index (κ2) is 3.58. The molecule has 0 bridgehead atoms. The molecule has 1 aromatic carbocycles. The van der Waals surface area contributed by atoms with E-state index >= 15 is 0 Å². The van der Waals surface area contributed by atoms with E-state index in [-0.39, 0.29) is 0 Å². The van der Waals surface area contributed by atoms with Crippen molar-refractivity contribution in [2.45, 2.75) is 13.8 Å². The molecule has 2 aromatic rings. The molecule has 2 nitrogen and oxygen atoms in total. The number of aromatic nitrogens is 2. The van der Waals surface area contributed by atoms with Crippen LogP contribution in [0.4, 0.5) is 0 Å². The van der Waals surface area contributed by atoms with Gasteiger partial charge in [0.1, 0.15) is 0 Å². The third kappa shape index (κ3) is 1.48. The Bertz CT molecular complexity index is 446. The molecule has 0 saturated heterocycles. The normalized spacial score (nSPS) is 10.5. The van der Waals surface area contributed by atoms with Gasteiger partial charge in [0.05, 0.1) is 21.5 Å². The van der Waals surface area contributed by atoms with Crippen LogP contribution in [-0.4, -0.2) is 9.78 Å². The number of halogens is 1. The van der Waals surface area contributed by atoms with Gasteiger partial charge in [0, 0.05) is 0 Å². The van der Waals surface area contributed by atoms with Crippen LogP contribution in [0.5, 0.6) is 0 Å². The number of nitrogens with zero attached hydrogens (tertiary/aromatic N) is 2. The molecule has 0 fully saturated rings. The molecule has 0 atom stereocenters. The average Bonchev–Trinajstić information content (AvgIpc) is 2.47. The number of aryl methyl sites for hydroxylation is 1. The van der Waals surface area contributed by atoms with Gasteiger partial charge < -0.3 is 0 Å². The van der Waals surface area contributed by atoms with Crippen molar-refractivity contribution < 1.29 is 0 Å². The molecule has 3 heteroatoms. The summed E-state index contributed by atoms with van der Waals surface area (Å²) in [7, 11) is 0. The first-order chi connectivity index (χ1) is 6.70. The lowest BCUT2D eigenvalue weighted by atomic mass is 10.3. The molecule has 2 rings (SSSR count). The van der Waals surface area contributed by atoms with Crippen LogP contribution in [0.1, 0.15) is 11.4 Å². The topological polar surface area (TPSA) is 17.8 Å². The fourth-order valence-corrected chi connectivity index (χ4v) is 1.69. The molecule has 0 amide bonds. The van der Waals surface area contributed by atoms with Crippen LogP contribution < -0.4 is 0 Å². The molecular weight excluding hydrogens is 240 g/mol. The molecule has 0 aliphatic carbocycles. The van der Waals surface area contributed by atoms with Crippen LogP contribution in [0.15, 0.2) is 34.8 Å². The molecule has 0 unspecified atom stereocenters. The monoisotopic (exact) mass is 250 g/mol. The average molecular weight is 251 g/mol. The van der Waals surface area contributed by atoms with E-state index in [2.05, 4.69) is 28.0 Å². The molecular formula is C11H11BrN2. The van der Waals surface area contributed by atoms with E-state index in [1.165, 1.54) is 0 Å². The maximum absolute atomic E-state index is 4.45. The maximum atomic E-state index is 4.45. The summed E-state index contributed by atoms with van der Waals surface area (Å²) in [6.45, 7) is 4.05. The van der Waals surface area contributed by atoms with E-state index < -0.39 is 0 Å². The van der Waals surface area contributed by atoms with Crippen molar-refractivity contribution in [3.63, 3.8) is 0 Å². The van der Waals surface area contributed by atoms with Gasteiger partial charge in [-0.25, -0.2) is 4.68 Å². The van der Waals surface area contributed by atoms with Crippen LogP contribution in [-0.2, 0) is 0 Å². The highest BCUT2D eigenvalue weighted by atomic mass is 79.9. The van der Waals surface area contributed by atoms with Gasteiger partial charge in [-0.2, -0.15) is 5.10 Å². The van der Waals surface area contributed by atoms with Gasteiger partial charge in [-0.05, 0) is 41.9 Å². The zero-order valence-electron chi connectivity index (χ0n) is 8.16. The summed E-state index contributed by atoms with van der Waals surface area (Å²) < 4.78 is 3.03. The van der Waals surface area contributed by atoms with Crippen LogP contribution in [0.2, 0.25) is 0 Å². The Kier molecular flexibility index (Phi) is 2.42. The maximum Gasteiger partial charge on any atom is 0.0743 e. The molecule has 0 spiro atoms. The summed E-state index contributed by atoms with van der Waals surface area (Å²) in [6.07, 6.45) is 0. The smallest absolute Gasteiger partial charge is 0.0743 e. The fourth-order valence-electron chi connectivity index (χ4n) is 1.44. The molecule has 0 aliphatic heterocycles. The first kappa shape index (κ1) is 9.46. The number of rotatable bonds is 1. The predicted octanol–water partition coefficient (Wildman–Crippen LogP) is 3.25. The van der Waals surface area contributed by atoms with Gasteiger partial charge in [-0.3, -0.25) is 0 Å². The first-order valence-corrected chi connectivity index (χ1v) is 5.26. The molecule has 1 aromatic heterocycles. The predicted molar refractivity (Wildman–Crippen MR) is 60.7 cm³/mol. The molecule has 1 heterocycles. The van der Waals surface area contributed by atoms with Crippen molar-refractivity contribution in [1.82, 2.24) is 9.78 Å². The minimum Gasteiger partial charge on any atom is -0.237 e. The minimum absolute atomic E-state index is 1.02. The van der Waals surface area contributed by atoms with Gasteiger partial charge in [0.15, 0.2) is 0 Å². The number of benzene rings is 1. The van der Waals surface area contributed by atoms with Crippen molar-refractivity contribution in [1.29, 1.82) is 0 Å². The zero-order chi connectivity index (χ0) is 10.1. The number of hydrogen-bond donors (Lipinski definition) is 0. The van der Waals surface area contributed by atoms with E-state index in [0.29, 0.717) is 0 Å². The van der Waals surface area contributed by atoms with Crippen molar-refractivity contribution in [3.05, 3.63) is 46.2 Å². The summed E-state index contributed by atoms with van der Waals surface area (Å²) in [6, 6.07) is 10.1. The van der Waals surface area contributed by atoms with Crippen LogP contribution >= 0.6 is 15.9 Å². The lowest BCUT2D eigenvalue weighted by Crippen LogP contribution is -1.98. The van der Waals surface area contributed by atoms with Gasteiger partial charge in [0.2, 0.25) is 0 Å². The number of hydrogen-bond acceptors (Lipinski definition) is 1. The molecule has 0 N–H and O–H groups in total. The zero-order valence-corrected chi connectivity index (χ0v) is 9.75. The Morgan fingerprint density at radius 3 is 2.29 bits per heavy atom. The van der Waals surface area contributed by atoms with Crippen molar-refractivity contribution >= 4 is 15.9 Å². The van der Waals surface area contributed by atoms with Gasteiger partial charge in [0.25, 0.3) is 0 Å². The SMILES string of the molecule is Cc1nn(-c2ccccc2)c(C)c1Br. The fraction of sp³-hybridized carbons (Fsp3) is 0.182. The lowest BCUT2D eigenvalue weighted by molar-refractivity contribution is 0.833. The Hall–Kier alpha value is -1.09. The Labute approximate surface area is 91.7 Å². The van der Waals surface area contributed by atoms with Gasteiger partial charge >= 0.3 is 0 Å². The highest BCUT2D eigenvalue weighted by molar-refractivity contribution is 9.10. The Morgan fingerprint density at radius 1 is 1.14 bits per heavy atom. The molecule has 72 valence electrons. The lowest BCUT2D eigenvalue weighted by Gasteiger charge is -2.02. The third-order valence-corrected chi connectivity index (χ3v) is 3.35. The molecule has 0 aliphatic rings. The van der Waals surface area contributed by atoms with Crippen LogP contribution in [0.3, 0.4) is 0 Å². The Balaban J connectivity index is 2.58. The first-order valence-electron chi connectivity index (χ1n) is 4.47. The quantitative estimate of drug-likeness (QED) is 0.760. The second-order valence-corrected chi connectivity index (χ2v) is 4.03. The van der Waals surface area contributed by atoms with Crippen molar-refractivity contribution in [2.24, 2.45) is 0 Å². The molecule has 0 radical (unpaired) electrons. The summed E-state index contributed by atoms with van der Waals surface area (Å²) >= 11 is 3.51. The standard InChI is InChI=1S/C11H11BrN2/c1-8-11(12)9(2)14(13-8)10-6-4-3-5-7-10/h3-7H,1-2H3. The summed E-state index contributed by atoms with van der Waals surface area (Å²) in [5.41, 5.74) is 3.25. The van der Waals surface area contributed by atoms with E-state index in [4.69, 9.17) is 0 Å². The second-order valence-electron chi connectivity index (χ2n) is 3.23.